The van der Waals surface area contributed by atoms with Crippen LogP contribution in [0, 0.1) is 6.92 Å². The number of alkyl halides is 3. The largest absolute Gasteiger partial charge is 0.417 e. The van der Waals surface area contributed by atoms with Gasteiger partial charge in [-0.15, -0.1) is 0 Å². The van der Waals surface area contributed by atoms with Crippen molar-refractivity contribution in [3.05, 3.63) is 58.1 Å². The summed E-state index contributed by atoms with van der Waals surface area (Å²) in [7, 11) is 0. The van der Waals surface area contributed by atoms with Gasteiger partial charge in [0.1, 0.15) is 0 Å². The third kappa shape index (κ3) is 2.43. The van der Waals surface area contributed by atoms with Gasteiger partial charge in [0.2, 0.25) is 0 Å². The zero-order valence-corrected chi connectivity index (χ0v) is 11.1. The minimum absolute atomic E-state index is 0.204. The zero-order valence-electron chi connectivity index (χ0n) is 9.55. The Kier molecular flexibility index (Phi) is 3.48. The van der Waals surface area contributed by atoms with Crippen LogP contribution in [-0.4, -0.2) is 0 Å². The fourth-order valence-corrected chi connectivity index (χ4v) is 2.60. The Morgan fingerprint density at radius 1 is 0.944 bits per heavy atom. The van der Waals surface area contributed by atoms with Crippen molar-refractivity contribution in [1.29, 1.82) is 0 Å². The van der Waals surface area contributed by atoms with Crippen LogP contribution in [0.15, 0.2) is 46.9 Å². The average Bonchev–Trinajstić information content (AvgIpc) is 2.28. The lowest BCUT2D eigenvalue weighted by Gasteiger charge is -2.15. The molecule has 4 heteroatoms. The molecule has 0 spiro atoms. The first-order chi connectivity index (χ1) is 8.41. The molecule has 2 aromatic carbocycles. The highest BCUT2D eigenvalue weighted by Crippen LogP contribution is 2.40. The molecule has 0 unspecified atom stereocenters. The monoisotopic (exact) mass is 314 g/mol. The third-order valence-electron chi connectivity index (χ3n) is 2.72. The van der Waals surface area contributed by atoms with Gasteiger partial charge in [-0.2, -0.15) is 13.2 Å². The standard InChI is InChI=1S/C14H10BrF3/c1-9-5-4-8-12(15)13(9)10-6-2-3-7-11(10)14(16,17)18/h2-8H,1H3. The zero-order chi connectivity index (χ0) is 13.3. The van der Waals surface area contributed by atoms with E-state index >= 15 is 0 Å². The van der Waals surface area contributed by atoms with Crippen molar-refractivity contribution < 1.29 is 13.2 Å². The summed E-state index contributed by atoms with van der Waals surface area (Å²) in [4.78, 5) is 0. The lowest BCUT2D eigenvalue weighted by Crippen LogP contribution is -2.07. The molecule has 0 saturated carbocycles. The van der Waals surface area contributed by atoms with Gasteiger partial charge in [-0.1, -0.05) is 46.3 Å². The molecule has 0 aromatic heterocycles. The van der Waals surface area contributed by atoms with Crippen LogP contribution in [0.5, 0.6) is 0 Å². The number of halogens is 4. The Bertz CT molecular complexity index is 553. The van der Waals surface area contributed by atoms with Crippen LogP contribution in [0.3, 0.4) is 0 Å². The summed E-state index contributed by atoms with van der Waals surface area (Å²) < 4.78 is 39.6. The lowest BCUT2D eigenvalue weighted by atomic mass is 9.96. The quantitative estimate of drug-likeness (QED) is 0.657. The normalized spacial score (nSPS) is 11.6. The summed E-state index contributed by atoms with van der Waals surface area (Å²) in [5.74, 6) is 0. The summed E-state index contributed by atoms with van der Waals surface area (Å²) in [5, 5.41) is 0. The van der Waals surface area contributed by atoms with Gasteiger partial charge in [0.15, 0.2) is 0 Å². The SMILES string of the molecule is Cc1cccc(Br)c1-c1ccccc1C(F)(F)F. The van der Waals surface area contributed by atoms with Gasteiger partial charge in [0.25, 0.3) is 0 Å². The van der Waals surface area contributed by atoms with Crippen molar-refractivity contribution in [1.82, 2.24) is 0 Å². The van der Waals surface area contributed by atoms with E-state index in [2.05, 4.69) is 15.9 Å². The van der Waals surface area contributed by atoms with Crippen LogP contribution in [0.2, 0.25) is 0 Å². The predicted molar refractivity (Wildman–Crippen MR) is 69.3 cm³/mol. The molecule has 0 heterocycles. The van der Waals surface area contributed by atoms with Crippen molar-refractivity contribution in [2.45, 2.75) is 13.1 Å². The van der Waals surface area contributed by atoms with Crippen molar-refractivity contribution >= 4 is 15.9 Å². The van der Waals surface area contributed by atoms with Crippen molar-refractivity contribution in [3.63, 3.8) is 0 Å². The molecule has 2 rings (SSSR count). The minimum Gasteiger partial charge on any atom is -0.166 e. The van der Waals surface area contributed by atoms with Gasteiger partial charge in [0.05, 0.1) is 5.56 Å². The second-order valence-electron chi connectivity index (χ2n) is 3.98. The number of rotatable bonds is 1. The number of hydrogen-bond donors (Lipinski definition) is 0. The van der Waals surface area contributed by atoms with Crippen molar-refractivity contribution in [2.24, 2.45) is 0 Å². The first-order valence-corrected chi connectivity index (χ1v) is 6.12. The Labute approximate surface area is 112 Å². The van der Waals surface area contributed by atoms with Crippen LogP contribution in [0.1, 0.15) is 11.1 Å². The molecule has 0 amide bonds. The summed E-state index contributed by atoms with van der Waals surface area (Å²) in [6, 6.07) is 11.0. The Morgan fingerprint density at radius 2 is 1.61 bits per heavy atom. The van der Waals surface area contributed by atoms with Gasteiger partial charge in [-0.3, -0.25) is 0 Å². The maximum absolute atomic E-state index is 13.0. The maximum atomic E-state index is 13.0. The van der Waals surface area contributed by atoms with Crippen LogP contribution in [0.25, 0.3) is 11.1 Å². The topological polar surface area (TPSA) is 0 Å². The molecule has 0 nitrogen and oxygen atoms in total. The van der Waals surface area contributed by atoms with Crippen LogP contribution in [0.4, 0.5) is 13.2 Å². The van der Waals surface area contributed by atoms with Gasteiger partial charge >= 0.3 is 6.18 Å². The highest BCUT2D eigenvalue weighted by atomic mass is 79.9. The molecule has 0 saturated heterocycles. The molecular weight excluding hydrogens is 305 g/mol. The van der Waals surface area contributed by atoms with E-state index in [4.69, 9.17) is 0 Å². The summed E-state index contributed by atoms with van der Waals surface area (Å²) in [6.07, 6.45) is -4.35. The lowest BCUT2D eigenvalue weighted by molar-refractivity contribution is -0.137. The highest BCUT2D eigenvalue weighted by Gasteiger charge is 2.33. The van der Waals surface area contributed by atoms with Crippen molar-refractivity contribution in [3.8, 4) is 11.1 Å². The van der Waals surface area contributed by atoms with Crippen LogP contribution >= 0.6 is 15.9 Å². The van der Waals surface area contributed by atoms with E-state index in [-0.39, 0.29) is 5.56 Å². The molecule has 0 aliphatic heterocycles. The van der Waals surface area contributed by atoms with E-state index < -0.39 is 11.7 Å². The first-order valence-electron chi connectivity index (χ1n) is 5.33. The molecule has 18 heavy (non-hydrogen) atoms. The second kappa shape index (κ2) is 4.76. The third-order valence-corrected chi connectivity index (χ3v) is 3.38. The Balaban J connectivity index is 2.73. The predicted octanol–water partition coefficient (Wildman–Crippen LogP) is 5.44. The van der Waals surface area contributed by atoms with Gasteiger partial charge in [-0.05, 0) is 35.7 Å². The molecule has 0 aliphatic carbocycles. The Morgan fingerprint density at radius 3 is 2.22 bits per heavy atom. The molecule has 0 radical (unpaired) electrons. The van der Waals surface area contributed by atoms with E-state index in [1.807, 2.05) is 0 Å². The highest BCUT2D eigenvalue weighted by molar-refractivity contribution is 9.10. The average molecular weight is 315 g/mol. The number of aryl methyl sites for hydroxylation is 1. The molecule has 0 fully saturated rings. The Hall–Kier alpha value is -1.29. The van der Waals surface area contributed by atoms with Gasteiger partial charge in [0, 0.05) is 4.47 Å². The fraction of sp³-hybridized carbons (Fsp3) is 0.143. The molecule has 0 bridgehead atoms. The molecular formula is C14H10BrF3. The van der Waals surface area contributed by atoms with Crippen LogP contribution in [-0.2, 0) is 6.18 Å². The van der Waals surface area contributed by atoms with E-state index in [0.717, 1.165) is 11.6 Å². The summed E-state index contributed by atoms with van der Waals surface area (Å²) in [5.41, 5.74) is 0.987. The van der Waals surface area contributed by atoms with E-state index in [1.165, 1.54) is 12.1 Å². The number of hydrogen-bond acceptors (Lipinski definition) is 0. The summed E-state index contributed by atoms with van der Waals surface area (Å²) >= 11 is 3.32. The van der Waals surface area contributed by atoms with Gasteiger partial charge < -0.3 is 0 Å². The van der Waals surface area contributed by atoms with E-state index in [9.17, 15) is 13.2 Å². The number of benzene rings is 2. The molecule has 0 aliphatic rings. The van der Waals surface area contributed by atoms with Crippen molar-refractivity contribution in [2.75, 3.05) is 0 Å². The smallest absolute Gasteiger partial charge is 0.166 e. The molecule has 0 atom stereocenters. The molecule has 94 valence electrons. The summed E-state index contributed by atoms with van der Waals surface area (Å²) in [6.45, 7) is 1.80. The second-order valence-corrected chi connectivity index (χ2v) is 4.83. The van der Waals surface area contributed by atoms with E-state index in [0.29, 0.717) is 10.0 Å². The molecule has 2 aromatic rings. The van der Waals surface area contributed by atoms with E-state index in [1.54, 1.807) is 31.2 Å². The maximum Gasteiger partial charge on any atom is 0.417 e. The minimum atomic E-state index is -4.35. The molecule has 0 N–H and O–H groups in total. The van der Waals surface area contributed by atoms with Crippen LogP contribution < -0.4 is 0 Å². The first kappa shape index (κ1) is 13.1. The van der Waals surface area contributed by atoms with Gasteiger partial charge in [-0.25, -0.2) is 0 Å². The fourth-order valence-electron chi connectivity index (χ4n) is 1.92.